The number of allylic oxidation sites excluding steroid dienone is 2. The van der Waals surface area contributed by atoms with E-state index >= 15 is 0 Å². The molecule has 0 aromatic heterocycles. The third-order valence-electron chi connectivity index (χ3n) is 15.3. The third-order valence-corrected chi connectivity index (χ3v) is 17.2. The van der Waals surface area contributed by atoms with Gasteiger partial charge >= 0.3 is 24.1 Å². The molecule has 1 aromatic rings. The number of amides is 6. The van der Waals surface area contributed by atoms with Crippen LogP contribution < -0.4 is 0 Å². The molecular formula is C59H87BrN4O16S. The lowest BCUT2D eigenvalue weighted by Crippen LogP contribution is -2.59. The Hall–Kier alpha value is -5.19. The summed E-state index contributed by atoms with van der Waals surface area (Å²) in [5.74, 6) is -5.23. The van der Waals surface area contributed by atoms with E-state index in [1.807, 2.05) is 31.2 Å². The van der Waals surface area contributed by atoms with Crippen LogP contribution in [-0.4, -0.2) is 154 Å². The number of rotatable bonds is 7. The number of carbonyl (C=O) groups excluding carboxylic acids is 8. The summed E-state index contributed by atoms with van der Waals surface area (Å²) >= 11 is 3.28. The number of aliphatic hydroxyl groups excluding tert-OH is 1. The molecule has 4 aliphatic heterocycles. The van der Waals surface area contributed by atoms with Gasteiger partial charge in [-0.2, -0.15) is 8.42 Å². The van der Waals surface area contributed by atoms with E-state index in [0.29, 0.717) is 17.3 Å². The average molecular weight is 1220 g/mol. The molecule has 0 unspecified atom stereocenters. The number of imide groups is 2. The van der Waals surface area contributed by atoms with Crippen LogP contribution >= 0.6 is 15.9 Å². The summed E-state index contributed by atoms with van der Waals surface area (Å²) in [6.07, 6.45) is 12.1. The quantitative estimate of drug-likeness (QED) is 0.116. The molecule has 20 nitrogen and oxygen atoms in total. The van der Waals surface area contributed by atoms with Gasteiger partial charge in [-0.25, -0.2) is 29.0 Å². The minimum atomic E-state index is -4.26. The monoisotopic (exact) mass is 1220 g/mol. The fourth-order valence-electron chi connectivity index (χ4n) is 11.1. The normalized spacial score (nSPS) is 30.3. The molecule has 10 atom stereocenters. The maximum Gasteiger partial charge on any atom is 0.418 e. The average Bonchev–Trinajstić information content (AvgIpc) is 2.99. The van der Waals surface area contributed by atoms with Crippen molar-refractivity contribution in [1.82, 2.24) is 19.6 Å². The fraction of sp³-hybridized carbons (Fsp3) is 0.695. The molecule has 22 heteroatoms. The molecule has 7 rings (SSSR count). The second-order valence-corrected chi connectivity index (χ2v) is 26.4. The molecule has 4 fully saturated rings. The van der Waals surface area contributed by atoms with Gasteiger partial charge in [0.2, 0.25) is 11.8 Å². The van der Waals surface area contributed by atoms with Crippen molar-refractivity contribution < 1.29 is 75.0 Å². The van der Waals surface area contributed by atoms with Crippen molar-refractivity contribution in [3.63, 3.8) is 0 Å². The van der Waals surface area contributed by atoms with Gasteiger partial charge in [-0.3, -0.25) is 23.4 Å². The Morgan fingerprint density at radius 2 is 1.06 bits per heavy atom. The largest absolute Gasteiger partial charge is 0.464 e. The minimum Gasteiger partial charge on any atom is -0.464 e. The number of halogens is 1. The summed E-state index contributed by atoms with van der Waals surface area (Å²) in [4.78, 5) is 114. The van der Waals surface area contributed by atoms with Crippen molar-refractivity contribution in [2.45, 2.75) is 218 Å². The first-order valence-corrected chi connectivity index (χ1v) is 30.5. The smallest absolute Gasteiger partial charge is 0.418 e. The van der Waals surface area contributed by atoms with Crippen molar-refractivity contribution in [2.24, 2.45) is 23.7 Å². The number of nitrogens with zero attached hydrogens (tertiary/aromatic N) is 4. The number of aliphatic hydroxyl groups is 1. The van der Waals surface area contributed by atoms with E-state index in [2.05, 4.69) is 15.9 Å². The number of hydrogen-bond acceptors (Lipinski definition) is 16. The molecule has 1 aromatic carbocycles. The molecule has 0 radical (unpaired) electrons. The van der Waals surface area contributed by atoms with Gasteiger partial charge in [0.1, 0.15) is 23.3 Å². The van der Waals surface area contributed by atoms with Crippen LogP contribution in [0.4, 0.5) is 9.59 Å². The SMILES string of the molecule is C.CCOC(=O)[C@@]12C[C@H]1/C=C\CCCCC[C@H](C)C(=O)N1C[C@@H](OS(=O)(=O)c3ccc(Br)cc3)C[C@H]1C(=O)N2C(=O)OC(C)(C)C.CCOC(=O)[C@@]12C[C@H]1/C=C\CCCCC[C@H](C)C(=O)N1C[C@H](O)C[C@H]1C(=O)N2C(=O)OC(C)(C)C. The maximum absolute atomic E-state index is 14.6. The van der Waals surface area contributed by atoms with Gasteiger partial charge in [-0.05, 0) is 131 Å². The van der Waals surface area contributed by atoms with Crippen LogP contribution in [0.15, 0.2) is 57.9 Å². The van der Waals surface area contributed by atoms with Crippen LogP contribution in [0, 0.1) is 23.7 Å². The van der Waals surface area contributed by atoms with Crippen LogP contribution in [0.3, 0.4) is 0 Å². The molecule has 6 aliphatic rings. The zero-order chi connectivity index (χ0) is 59.1. The van der Waals surface area contributed by atoms with E-state index in [1.165, 1.54) is 21.9 Å². The highest BCUT2D eigenvalue weighted by Crippen LogP contribution is 2.53. The summed E-state index contributed by atoms with van der Waals surface area (Å²) in [5.41, 5.74) is -5.10. The molecule has 2 aliphatic carbocycles. The fourth-order valence-corrected chi connectivity index (χ4v) is 12.4. The minimum absolute atomic E-state index is 0. The van der Waals surface area contributed by atoms with E-state index < -0.39 is 110 Å². The van der Waals surface area contributed by atoms with Crippen LogP contribution in [0.25, 0.3) is 0 Å². The number of fused-ring (bicyclic) bond motifs is 4. The van der Waals surface area contributed by atoms with E-state index in [1.54, 1.807) is 74.4 Å². The highest BCUT2D eigenvalue weighted by Gasteiger charge is 2.70. The third kappa shape index (κ3) is 15.9. The second-order valence-electron chi connectivity index (χ2n) is 23.9. The van der Waals surface area contributed by atoms with E-state index in [-0.39, 0.29) is 82.0 Å². The molecule has 6 amide bonds. The predicted octanol–water partition coefficient (Wildman–Crippen LogP) is 9.19. The van der Waals surface area contributed by atoms with Gasteiger partial charge in [-0.1, -0.05) is 87.2 Å². The molecule has 1 N–H and O–H groups in total. The summed E-state index contributed by atoms with van der Waals surface area (Å²) in [6.45, 7) is 16.8. The standard InChI is InChI=1S/C32H43BrN2O9S.C26H40N2O7.CH4/c1-6-42-29(38)32-19-22(32)13-11-9-7-8-10-12-21(2)27(36)34-20-24(44-45(40,41)25-16-14-23(33)15-17-25)18-26(34)28(37)35(32)30(39)43-31(3,4)5;1-6-34-23(32)26-15-18(26)13-11-9-7-8-10-12-17(2)21(30)27-16-19(29)14-20(27)22(31)28(26)24(33)35-25(3,4)5;/h11,13-17,21-22,24,26H,6-10,12,18-20H2,1-5H3;11,13,17-20,29H,6-10,12,14-16H2,1-5H3;1H4/b2*13-11-;/t21-,22+,24-,26-,32+;17-,18+,19+,20-,26+;/m00./s1. The van der Waals surface area contributed by atoms with Crippen LogP contribution in [-0.2, 0) is 62.0 Å². The topological polar surface area (TPSA) is 250 Å². The highest BCUT2D eigenvalue weighted by molar-refractivity contribution is 9.10. The van der Waals surface area contributed by atoms with Crippen molar-refractivity contribution in [3.8, 4) is 0 Å². The highest BCUT2D eigenvalue weighted by atomic mass is 79.9. The molecule has 0 bridgehead atoms. The van der Waals surface area contributed by atoms with E-state index in [0.717, 1.165) is 61.2 Å². The zero-order valence-electron chi connectivity index (χ0n) is 48.1. The number of hydrogen-bond donors (Lipinski definition) is 1. The Morgan fingerprint density at radius 1 is 0.642 bits per heavy atom. The lowest BCUT2D eigenvalue weighted by atomic mass is 10.0. The first-order chi connectivity index (χ1) is 37.5. The summed E-state index contributed by atoms with van der Waals surface area (Å²) in [7, 11) is -4.26. The Labute approximate surface area is 487 Å². The number of carbonyl (C=O) groups is 8. The van der Waals surface area contributed by atoms with Gasteiger partial charge in [0.05, 0.1) is 30.3 Å². The van der Waals surface area contributed by atoms with Crippen molar-refractivity contribution in [1.29, 1.82) is 0 Å². The number of benzene rings is 1. The van der Waals surface area contributed by atoms with Crippen LogP contribution in [0.2, 0.25) is 0 Å². The Bertz CT molecular complexity index is 2630. The van der Waals surface area contributed by atoms with E-state index in [4.69, 9.17) is 23.1 Å². The Morgan fingerprint density at radius 3 is 1.48 bits per heavy atom. The molecule has 2 saturated heterocycles. The molecular weight excluding hydrogens is 1130 g/mol. The molecule has 0 spiro atoms. The zero-order valence-corrected chi connectivity index (χ0v) is 50.5. The molecule has 452 valence electrons. The number of esters is 2. The van der Waals surface area contributed by atoms with Crippen molar-refractivity contribution in [2.75, 3.05) is 26.3 Å². The van der Waals surface area contributed by atoms with E-state index in [9.17, 15) is 51.9 Å². The maximum atomic E-state index is 14.6. The number of ether oxygens (including phenoxy) is 4. The van der Waals surface area contributed by atoms with Gasteiger partial charge in [0.25, 0.3) is 21.9 Å². The lowest BCUT2D eigenvalue weighted by molar-refractivity contribution is -0.159. The first kappa shape index (κ1) is 66.6. The van der Waals surface area contributed by atoms with Crippen molar-refractivity contribution >= 4 is 73.8 Å². The predicted molar refractivity (Wildman–Crippen MR) is 303 cm³/mol. The van der Waals surface area contributed by atoms with Gasteiger partial charge < -0.3 is 33.9 Å². The Kier molecular flexibility index (Phi) is 22.6. The van der Waals surface area contributed by atoms with Gasteiger partial charge in [0.15, 0.2) is 11.1 Å². The lowest BCUT2D eigenvalue weighted by Gasteiger charge is -2.35. The summed E-state index contributed by atoms with van der Waals surface area (Å²) in [6, 6.07) is 3.57. The van der Waals surface area contributed by atoms with Gasteiger partial charge in [-0.15, -0.1) is 0 Å². The molecule has 4 heterocycles. The van der Waals surface area contributed by atoms with Crippen LogP contribution in [0.1, 0.15) is 167 Å². The molecule has 81 heavy (non-hydrogen) atoms. The molecule has 2 saturated carbocycles. The summed E-state index contributed by atoms with van der Waals surface area (Å²) in [5, 5.41) is 10.4. The Balaban J connectivity index is 0.000000303. The summed E-state index contributed by atoms with van der Waals surface area (Å²) < 4.78 is 54.7. The second kappa shape index (κ2) is 27.5. The van der Waals surface area contributed by atoms with Gasteiger partial charge in [0, 0.05) is 54.1 Å². The van der Waals surface area contributed by atoms with Crippen molar-refractivity contribution in [3.05, 3.63) is 53.0 Å². The van der Waals surface area contributed by atoms with Crippen LogP contribution in [0.5, 0.6) is 0 Å². The first-order valence-electron chi connectivity index (χ1n) is 28.3.